The van der Waals surface area contributed by atoms with E-state index in [1.54, 1.807) is 0 Å². The van der Waals surface area contributed by atoms with E-state index in [1.165, 1.54) is 5.56 Å². The lowest BCUT2D eigenvalue weighted by atomic mass is 9.93. The van der Waals surface area contributed by atoms with Crippen molar-refractivity contribution in [2.45, 2.75) is 26.2 Å². The van der Waals surface area contributed by atoms with Crippen LogP contribution in [-0.2, 0) is 6.42 Å². The molecule has 100 valence electrons. The van der Waals surface area contributed by atoms with E-state index in [4.69, 9.17) is 17.2 Å². The summed E-state index contributed by atoms with van der Waals surface area (Å²) < 4.78 is 0. The smallest absolute Gasteiger partial charge is 0.0405 e. The minimum Gasteiger partial charge on any atom is -0.399 e. The van der Waals surface area contributed by atoms with Crippen LogP contribution in [0.4, 0.5) is 17.1 Å². The third-order valence-corrected chi connectivity index (χ3v) is 3.36. The molecule has 0 heterocycles. The molecule has 0 aliphatic carbocycles. The summed E-state index contributed by atoms with van der Waals surface area (Å²) in [5.41, 5.74) is 23.7. The molecule has 2 rings (SSSR count). The van der Waals surface area contributed by atoms with E-state index < -0.39 is 0 Å². The lowest BCUT2D eigenvalue weighted by Crippen LogP contribution is -2.06. The van der Waals surface area contributed by atoms with Crippen molar-refractivity contribution in [1.82, 2.24) is 0 Å². The minimum atomic E-state index is 0.325. The molecule has 0 spiro atoms. The molecule has 0 aliphatic heterocycles. The largest absolute Gasteiger partial charge is 0.399 e. The first-order chi connectivity index (χ1) is 8.99. The summed E-state index contributed by atoms with van der Waals surface area (Å²) >= 11 is 0. The van der Waals surface area contributed by atoms with Gasteiger partial charge < -0.3 is 17.2 Å². The first kappa shape index (κ1) is 13.3. The fraction of sp³-hybridized carbons (Fsp3) is 0.250. The van der Waals surface area contributed by atoms with Gasteiger partial charge in [-0.25, -0.2) is 0 Å². The molecule has 0 saturated heterocycles. The molecule has 0 atom stereocenters. The van der Waals surface area contributed by atoms with E-state index in [0.29, 0.717) is 5.92 Å². The summed E-state index contributed by atoms with van der Waals surface area (Å²) in [5, 5.41) is 0. The summed E-state index contributed by atoms with van der Waals surface area (Å²) in [6.45, 7) is 4.21. The van der Waals surface area contributed by atoms with Gasteiger partial charge >= 0.3 is 0 Å². The van der Waals surface area contributed by atoms with Crippen molar-refractivity contribution >= 4 is 17.1 Å². The van der Waals surface area contributed by atoms with Gasteiger partial charge in [-0.3, -0.25) is 0 Å². The molecular formula is C16H21N3. The zero-order valence-corrected chi connectivity index (χ0v) is 11.5. The molecule has 2 aromatic rings. The van der Waals surface area contributed by atoms with E-state index in [2.05, 4.69) is 13.8 Å². The van der Waals surface area contributed by atoms with Crippen molar-refractivity contribution in [2.24, 2.45) is 0 Å². The Morgan fingerprint density at radius 2 is 1.53 bits per heavy atom. The first-order valence-corrected chi connectivity index (χ1v) is 6.50. The Morgan fingerprint density at radius 3 is 2.11 bits per heavy atom. The highest BCUT2D eigenvalue weighted by atomic mass is 14.6. The van der Waals surface area contributed by atoms with E-state index in [0.717, 1.165) is 34.6 Å². The minimum absolute atomic E-state index is 0.325. The van der Waals surface area contributed by atoms with Crippen LogP contribution in [0, 0.1) is 0 Å². The zero-order valence-electron chi connectivity index (χ0n) is 11.5. The summed E-state index contributed by atoms with van der Waals surface area (Å²) in [6.07, 6.45) is 0.798. The maximum atomic E-state index is 6.26. The third kappa shape index (κ3) is 2.81. The number of hydrogen-bond donors (Lipinski definition) is 3. The van der Waals surface area contributed by atoms with Gasteiger partial charge in [0.15, 0.2) is 0 Å². The topological polar surface area (TPSA) is 78.1 Å². The van der Waals surface area contributed by atoms with Crippen LogP contribution in [0.25, 0.3) is 0 Å². The third-order valence-electron chi connectivity index (χ3n) is 3.36. The van der Waals surface area contributed by atoms with Gasteiger partial charge in [0.2, 0.25) is 0 Å². The second-order valence-electron chi connectivity index (χ2n) is 5.21. The summed E-state index contributed by atoms with van der Waals surface area (Å²) in [6, 6.07) is 11.8. The van der Waals surface area contributed by atoms with Gasteiger partial charge in [-0.15, -0.1) is 0 Å². The van der Waals surface area contributed by atoms with Gasteiger partial charge in [0, 0.05) is 22.6 Å². The number of hydrogen-bond acceptors (Lipinski definition) is 3. The van der Waals surface area contributed by atoms with Gasteiger partial charge in [-0.1, -0.05) is 32.0 Å². The normalized spacial score (nSPS) is 10.9. The molecule has 0 saturated carbocycles. The van der Waals surface area contributed by atoms with Crippen molar-refractivity contribution in [3.63, 3.8) is 0 Å². The molecule has 3 nitrogen and oxygen atoms in total. The summed E-state index contributed by atoms with van der Waals surface area (Å²) in [7, 11) is 0. The van der Waals surface area contributed by atoms with Gasteiger partial charge in [-0.05, 0) is 41.7 Å². The number of benzene rings is 2. The number of nitrogens with two attached hydrogens (primary N) is 3. The fourth-order valence-corrected chi connectivity index (χ4v) is 2.35. The highest BCUT2D eigenvalue weighted by Crippen LogP contribution is 2.31. The predicted octanol–water partition coefficient (Wildman–Crippen LogP) is 3.15. The monoisotopic (exact) mass is 255 g/mol. The van der Waals surface area contributed by atoms with Crippen LogP contribution >= 0.6 is 0 Å². The van der Waals surface area contributed by atoms with Crippen LogP contribution in [0.5, 0.6) is 0 Å². The van der Waals surface area contributed by atoms with E-state index in [9.17, 15) is 0 Å². The van der Waals surface area contributed by atoms with Crippen molar-refractivity contribution in [3.8, 4) is 0 Å². The molecule has 2 aromatic carbocycles. The number of rotatable bonds is 3. The van der Waals surface area contributed by atoms with Crippen molar-refractivity contribution in [2.75, 3.05) is 17.2 Å². The SMILES string of the molecule is CC(C)c1c(N)ccc(Cc2ccc(N)cc2)c1N. The lowest BCUT2D eigenvalue weighted by Gasteiger charge is -2.16. The van der Waals surface area contributed by atoms with Crippen molar-refractivity contribution in [3.05, 3.63) is 53.1 Å². The summed E-state index contributed by atoms with van der Waals surface area (Å²) in [4.78, 5) is 0. The average Bonchev–Trinajstić information content (AvgIpc) is 2.35. The van der Waals surface area contributed by atoms with Crippen LogP contribution in [0.1, 0.15) is 36.5 Å². The Morgan fingerprint density at radius 1 is 0.895 bits per heavy atom. The Hall–Kier alpha value is -2.16. The molecule has 0 aromatic heterocycles. The number of anilines is 3. The standard InChI is InChI=1S/C16H21N3/c1-10(2)15-14(18)8-5-12(16(15)19)9-11-3-6-13(17)7-4-11/h3-8,10H,9,17-19H2,1-2H3. The Labute approximate surface area is 114 Å². The highest BCUT2D eigenvalue weighted by Gasteiger charge is 2.12. The van der Waals surface area contributed by atoms with E-state index in [-0.39, 0.29) is 0 Å². The molecule has 19 heavy (non-hydrogen) atoms. The maximum absolute atomic E-state index is 6.26. The molecular weight excluding hydrogens is 234 g/mol. The van der Waals surface area contributed by atoms with Gasteiger partial charge in [0.05, 0.1) is 0 Å². The lowest BCUT2D eigenvalue weighted by molar-refractivity contribution is 0.870. The van der Waals surface area contributed by atoms with Gasteiger partial charge in [-0.2, -0.15) is 0 Å². The molecule has 3 heteroatoms. The first-order valence-electron chi connectivity index (χ1n) is 6.50. The van der Waals surface area contributed by atoms with Crippen molar-refractivity contribution in [1.29, 1.82) is 0 Å². The zero-order chi connectivity index (χ0) is 14.0. The maximum Gasteiger partial charge on any atom is 0.0405 e. The van der Waals surface area contributed by atoms with E-state index in [1.807, 2.05) is 36.4 Å². The Bertz CT molecular complexity index is 571. The molecule has 0 radical (unpaired) electrons. The Kier molecular flexibility index (Phi) is 3.65. The molecule has 0 unspecified atom stereocenters. The van der Waals surface area contributed by atoms with Crippen LogP contribution in [0.15, 0.2) is 36.4 Å². The second-order valence-corrected chi connectivity index (χ2v) is 5.21. The molecule has 0 amide bonds. The summed E-state index contributed by atoms with van der Waals surface area (Å²) in [5.74, 6) is 0.325. The van der Waals surface area contributed by atoms with Crippen LogP contribution in [0.3, 0.4) is 0 Å². The van der Waals surface area contributed by atoms with Crippen LogP contribution in [0.2, 0.25) is 0 Å². The van der Waals surface area contributed by atoms with Crippen LogP contribution < -0.4 is 17.2 Å². The van der Waals surface area contributed by atoms with E-state index >= 15 is 0 Å². The van der Waals surface area contributed by atoms with Gasteiger partial charge in [0.25, 0.3) is 0 Å². The molecule has 0 fully saturated rings. The second kappa shape index (κ2) is 5.22. The number of nitrogen functional groups attached to an aromatic ring is 3. The predicted molar refractivity (Wildman–Crippen MR) is 83.0 cm³/mol. The van der Waals surface area contributed by atoms with Gasteiger partial charge in [0.1, 0.15) is 0 Å². The molecule has 6 N–H and O–H groups in total. The quantitative estimate of drug-likeness (QED) is 0.737. The average molecular weight is 255 g/mol. The molecule has 0 bridgehead atoms. The fourth-order valence-electron chi connectivity index (χ4n) is 2.35. The Balaban J connectivity index is 2.36. The highest BCUT2D eigenvalue weighted by molar-refractivity contribution is 5.67. The van der Waals surface area contributed by atoms with Crippen LogP contribution in [-0.4, -0.2) is 0 Å². The molecule has 0 aliphatic rings. The van der Waals surface area contributed by atoms with Crippen molar-refractivity contribution < 1.29 is 0 Å².